The lowest BCUT2D eigenvalue weighted by Crippen LogP contribution is -2.17. The number of primary amides is 1. The summed E-state index contributed by atoms with van der Waals surface area (Å²) in [6.45, 7) is 0. The quantitative estimate of drug-likeness (QED) is 0.796. The van der Waals surface area contributed by atoms with E-state index < -0.39 is 6.03 Å². The summed E-state index contributed by atoms with van der Waals surface area (Å²) in [7, 11) is 0. The normalized spacial score (nSPS) is 10.1. The molecule has 1 heterocycles. The predicted molar refractivity (Wildman–Crippen MR) is 56.2 cm³/mol. The van der Waals surface area contributed by atoms with Crippen LogP contribution in [0.4, 0.5) is 4.79 Å². The summed E-state index contributed by atoms with van der Waals surface area (Å²) in [5.74, 6) is 0. The van der Waals surface area contributed by atoms with Gasteiger partial charge in [0.05, 0.1) is 5.69 Å². The highest BCUT2D eigenvalue weighted by Crippen LogP contribution is 2.08. The van der Waals surface area contributed by atoms with Crippen molar-refractivity contribution in [3.63, 3.8) is 0 Å². The Kier molecular flexibility index (Phi) is 2.49. The highest BCUT2D eigenvalue weighted by Gasteiger charge is 2.03. The number of aromatic nitrogens is 2. The van der Waals surface area contributed by atoms with Crippen LogP contribution >= 0.6 is 0 Å². The van der Waals surface area contributed by atoms with Gasteiger partial charge in [-0.2, -0.15) is 0 Å². The average Bonchev–Trinajstić information content (AvgIpc) is 2.68. The molecule has 75 valence electrons. The monoisotopic (exact) mass is 200 g/mol. The first kappa shape index (κ1) is 9.45. The second-order valence-corrected chi connectivity index (χ2v) is 3.10. The summed E-state index contributed by atoms with van der Waals surface area (Å²) in [5.41, 5.74) is 6.83. The Morgan fingerprint density at radius 2 is 2.07 bits per heavy atom. The molecule has 1 radical (unpaired) electrons. The van der Waals surface area contributed by atoms with Gasteiger partial charge in [0.15, 0.2) is 0 Å². The van der Waals surface area contributed by atoms with Crippen LogP contribution in [0.3, 0.4) is 0 Å². The Morgan fingerprint density at radius 1 is 1.33 bits per heavy atom. The van der Waals surface area contributed by atoms with Crippen molar-refractivity contribution < 1.29 is 4.79 Å². The molecule has 4 nitrogen and oxygen atoms in total. The first-order chi connectivity index (χ1) is 7.25. The zero-order chi connectivity index (χ0) is 10.7. The molecule has 1 aromatic carbocycles. The molecule has 0 aliphatic rings. The SMILES string of the molecule is NC(=O)n1cnc([CH]c2ccccc2)c1. The van der Waals surface area contributed by atoms with Crippen LogP contribution in [0.5, 0.6) is 0 Å². The van der Waals surface area contributed by atoms with Crippen LogP contribution in [0.2, 0.25) is 0 Å². The van der Waals surface area contributed by atoms with Gasteiger partial charge in [-0.15, -0.1) is 0 Å². The van der Waals surface area contributed by atoms with Gasteiger partial charge in [0.1, 0.15) is 6.33 Å². The molecule has 0 bridgehead atoms. The molecule has 0 fully saturated rings. The van der Waals surface area contributed by atoms with Gasteiger partial charge < -0.3 is 5.73 Å². The van der Waals surface area contributed by atoms with Gasteiger partial charge in [0.25, 0.3) is 0 Å². The van der Waals surface area contributed by atoms with Gasteiger partial charge in [0.2, 0.25) is 0 Å². The molecule has 1 amide bonds. The number of imidazole rings is 1. The standard InChI is InChI=1S/C11H10N3O/c12-11(15)14-7-10(13-8-14)6-9-4-2-1-3-5-9/h1-8H,(H2,12,15). The summed E-state index contributed by atoms with van der Waals surface area (Å²) >= 11 is 0. The Hall–Kier alpha value is -2.10. The molecular weight excluding hydrogens is 190 g/mol. The van der Waals surface area contributed by atoms with Crippen molar-refractivity contribution in [3.05, 3.63) is 60.5 Å². The minimum absolute atomic E-state index is 0.532. The molecule has 2 rings (SSSR count). The summed E-state index contributed by atoms with van der Waals surface area (Å²) in [5, 5.41) is 0. The molecule has 1 aromatic heterocycles. The van der Waals surface area contributed by atoms with E-state index in [1.807, 2.05) is 36.8 Å². The maximum atomic E-state index is 10.8. The number of hydrogen-bond acceptors (Lipinski definition) is 2. The minimum Gasteiger partial charge on any atom is -0.351 e. The van der Waals surface area contributed by atoms with Crippen molar-refractivity contribution in [3.8, 4) is 0 Å². The third kappa shape index (κ3) is 2.22. The Bertz CT molecular complexity index is 462. The molecule has 2 aromatic rings. The Morgan fingerprint density at radius 3 is 2.67 bits per heavy atom. The fraction of sp³-hybridized carbons (Fsp3) is 0. The van der Waals surface area contributed by atoms with Gasteiger partial charge in [-0.25, -0.2) is 9.78 Å². The molecule has 0 unspecified atom stereocenters. The number of benzene rings is 1. The van der Waals surface area contributed by atoms with E-state index in [-0.39, 0.29) is 0 Å². The van der Waals surface area contributed by atoms with E-state index in [1.165, 1.54) is 10.9 Å². The summed E-state index contributed by atoms with van der Waals surface area (Å²) < 4.78 is 1.24. The van der Waals surface area contributed by atoms with E-state index in [2.05, 4.69) is 4.98 Å². The number of carbonyl (C=O) groups is 1. The van der Waals surface area contributed by atoms with Crippen LogP contribution < -0.4 is 5.73 Å². The first-order valence-corrected chi connectivity index (χ1v) is 4.49. The minimum atomic E-state index is -0.532. The molecular formula is C11H10N3O. The molecule has 4 heteroatoms. The van der Waals surface area contributed by atoms with Crippen LogP contribution in [-0.4, -0.2) is 15.6 Å². The van der Waals surface area contributed by atoms with Crippen LogP contribution in [-0.2, 0) is 0 Å². The number of amides is 1. The van der Waals surface area contributed by atoms with Gasteiger partial charge in [-0.05, 0) is 5.56 Å². The second kappa shape index (κ2) is 3.96. The number of nitrogens with zero attached hydrogens (tertiary/aromatic N) is 2. The van der Waals surface area contributed by atoms with Gasteiger partial charge in [0, 0.05) is 12.6 Å². The number of carbonyl (C=O) groups excluding carboxylic acids is 1. The van der Waals surface area contributed by atoms with Crippen molar-refractivity contribution in [1.29, 1.82) is 0 Å². The van der Waals surface area contributed by atoms with E-state index in [4.69, 9.17) is 5.73 Å². The predicted octanol–water partition coefficient (Wildman–Crippen LogP) is 1.41. The highest BCUT2D eigenvalue weighted by atomic mass is 16.2. The number of hydrogen-bond donors (Lipinski definition) is 1. The molecule has 0 atom stereocenters. The lowest BCUT2D eigenvalue weighted by atomic mass is 10.1. The van der Waals surface area contributed by atoms with E-state index in [0.29, 0.717) is 5.69 Å². The van der Waals surface area contributed by atoms with Crippen LogP contribution in [0, 0.1) is 6.42 Å². The molecule has 0 aliphatic carbocycles. The van der Waals surface area contributed by atoms with E-state index in [1.54, 1.807) is 6.20 Å². The maximum absolute atomic E-state index is 10.8. The zero-order valence-corrected chi connectivity index (χ0v) is 8.00. The van der Waals surface area contributed by atoms with Gasteiger partial charge in [-0.1, -0.05) is 30.3 Å². The van der Waals surface area contributed by atoms with Gasteiger partial charge in [-0.3, -0.25) is 4.57 Å². The Labute approximate surface area is 87.4 Å². The molecule has 0 saturated carbocycles. The van der Waals surface area contributed by atoms with Crippen molar-refractivity contribution in [1.82, 2.24) is 9.55 Å². The number of nitrogens with two attached hydrogens (primary N) is 1. The lowest BCUT2D eigenvalue weighted by Gasteiger charge is -1.95. The lowest BCUT2D eigenvalue weighted by molar-refractivity contribution is 0.250. The van der Waals surface area contributed by atoms with Crippen LogP contribution in [0.1, 0.15) is 11.3 Å². The summed E-state index contributed by atoms with van der Waals surface area (Å²) in [4.78, 5) is 14.8. The van der Waals surface area contributed by atoms with Crippen molar-refractivity contribution in [2.45, 2.75) is 0 Å². The fourth-order valence-corrected chi connectivity index (χ4v) is 1.25. The Balaban J connectivity index is 2.15. The van der Waals surface area contributed by atoms with Crippen molar-refractivity contribution in [2.24, 2.45) is 5.73 Å². The average molecular weight is 200 g/mol. The van der Waals surface area contributed by atoms with E-state index in [9.17, 15) is 4.79 Å². The largest absolute Gasteiger partial charge is 0.351 e. The topological polar surface area (TPSA) is 60.9 Å². The first-order valence-electron chi connectivity index (χ1n) is 4.49. The summed E-state index contributed by atoms with van der Waals surface area (Å²) in [6.07, 6.45) is 4.87. The van der Waals surface area contributed by atoms with Crippen molar-refractivity contribution >= 4 is 6.03 Å². The second-order valence-electron chi connectivity index (χ2n) is 3.10. The summed E-state index contributed by atoms with van der Waals surface area (Å²) in [6, 6.07) is 9.22. The molecule has 0 aliphatic heterocycles. The van der Waals surface area contributed by atoms with E-state index >= 15 is 0 Å². The third-order valence-corrected chi connectivity index (χ3v) is 1.97. The number of rotatable bonds is 2. The zero-order valence-electron chi connectivity index (χ0n) is 8.00. The van der Waals surface area contributed by atoms with Gasteiger partial charge >= 0.3 is 6.03 Å². The third-order valence-electron chi connectivity index (χ3n) is 1.97. The smallest absolute Gasteiger partial charge is 0.324 e. The van der Waals surface area contributed by atoms with Crippen LogP contribution in [0.15, 0.2) is 42.9 Å². The molecule has 0 saturated heterocycles. The molecule has 15 heavy (non-hydrogen) atoms. The maximum Gasteiger partial charge on any atom is 0.324 e. The highest BCUT2D eigenvalue weighted by molar-refractivity contribution is 5.74. The van der Waals surface area contributed by atoms with E-state index in [0.717, 1.165) is 5.56 Å². The molecule has 2 N–H and O–H groups in total. The fourth-order valence-electron chi connectivity index (χ4n) is 1.25. The molecule has 0 spiro atoms. The van der Waals surface area contributed by atoms with Crippen LogP contribution in [0.25, 0.3) is 0 Å². The van der Waals surface area contributed by atoms with Crippen molar-refractivity contribution in [2.75, 3.05) is 0 Å².